The molecule has 1 aromatic rings. The molecule has 1 rings (SSSR count). The van der Waals surface area contributed by atoms with Gasteiger partial charge >= 0.3 is 0 Å². The number of rotatable bonds is 6. The van der Waals surface area contributed by atoms with E-state index in [0.29, 0.717) is 19.6 Å². The van der Waals surface area contributed by atoms with Gasteiger partial charge in [0.2, 0.25) is 0 Å². The molecule has 0 aliphatic carbocycles. The molecular weight excluding hydrogens is 256 g/mol. The predicted octanol–water partition coefficient (Wildman–Crippen LogP) is 1.53. The molecule has 0 aromatic heterocycles. The minimum atomic E-state index is -0.762. The second-order valence-electron chi connectivity index (χ2n) is 4.04. The van der Waals surface area contributed by atoms with E-state index in [1.54, 1.807) is 14.2 Å². The van der Waals surface area contributed by atoms with E-state index in [-0.39, 0.29) is 17.1 Å². The van der Waals surface area contributed by atoms with Gasteiger partial charge in [-0.1, -0.05) is 5.16 Å². The zero-order valence-corrected chi connectivity index (χ0v) is 10.9. The number of methoxy groups -OCH3 is 1. The number of hydrogen-bond donors (Lipinski definition) is 2. The van der Waals surface area contributed by atoms with Crippen LogP contribution in [-0.2, 0) is 4.74 Å². The molecule has 5 nitrogen and oxygen atoms in total. The van der Waals surface area contributed by atoms with E-state index in [9.17, 15) is 8.78 Å². The molecule has 0 spiro atoms. The monoisotopic (exact) mass is 273 g/mol. The van der Waals surface area contributed by atoms with Crippen LogP contribution in [0.4, 0.5) is 14.5 Å². The van der Waals surface area contributed by atoms with E-state index in [0.717, 1.165) is 12.1 Å². The van der Waals surface area contributed by atoms with Gasteiger partial charge < -0.3 is 20.6 Å². The van der Waals surface area contributed by atoms with E-state index in [1.165, 1.54) is 4.90 Å². The number of oxime groups is 1. The molecule has 7 heteroatoms. The molecule has 0 atom stereocenters. The minimum absolute atomic E-state index is 0.00783. The van der Waals surface area contributed by atoms with Crippen LogP contribution in [0.1, 0.15) is 12.0 Å². The molecule has 0 aliphatic heterocycles. The van der Waals surface area contributed by atoms with Crippen LogP contribution in [0, 0.1) is 11.6 Å². The molecule has 1 aromatic carbocycles. The molecule has 0 heterocycles. The number of amidine groups is 1. The van der Waals surface area contributed by atoms with Crippen LogP contribution in [0.15, 0.2) is 17.3 Å². The first-order valence-electron chi connectivity index (χ1n) is 5.68. The van der Waals surface area contributed by atoms with Crippen molar-refractivity contribution in [2.24, 2.45) is 10.9 Å². The Balaban J connectivity index is 2.96. The van der Waals surface area contributed by atoms with E-state index < -0.39 is 11.6 Å². The van der Waals surface area contributed by atoms with Crippen molar-refractivity contribution in [2.45, 2.75) is 6.42 Å². The summed E-state index contributed by atoms with van der Waals surface area (Å²) in [6.45, 7) is 0.959. The Morgan fingerprint density at radius 2 is 2.00 bits per heavy atom. The number of hydrogen-bond acceptors (Lipinski definition) is 4. The summed E-state index contributed by atoms with van der Waals surface area (Å²) in [5.74, 6) is -1.87. The second kappa shape index (κ2) is 6.89. The summed E-state index contributed by atoms with van der Waals surface area (Å²) in [6.07, 6.45) is 0.647. The SMILES string of the molecule is COCCCN(C)c1c(F)cc(C(N)=NO)cc1F. The maximum atomic E-state index is 13.9. The molecule has 0 saturated carbocycles. The van der Waals surface area contributed by atoms with Crippen molar-refractivity contribution >= 4 is 11.5 Å². The molecule has 3 N–H and O–H groups in total. The summed E-state index contributed by atoms with van der Waals surface area (Å²) in [5, 5.41) is 11.2. The van der Waals surface area contributed by atoms with Crippen molar-refractivity contribution in [3.05, 3.63) is 29.3 Å². The smallest absolute Gasteiger partial charge is 0.170 e. The highest BCUT2D eigenvalue weighted by Gasteiger charge is 2.16. The van der Waals surface area contributed by atoms with E-state index in [4.69, 9.17) is 15.7 Å². The lowest BCUT2D eigenvalue weighted by atomic mass is 10.1. The standard InChI is InChI=1S/C12H17F2N3O2/c1-17(4-3-5-19-2)11-9(13)6-8(7-10(11)14)12(15)16-18/h6-7,18H,3-5H2,1-2H3,(H2,15,16). The Labute approximate surface area is 110 Å². The number of nitrogens with zero attached hydrogens (tertiary/aromatic N) is 2. The van der Waals surface area contributed by atoms with E-state index >= 15 is 0 Å². The number of halogens is 2. The lowest BCUT2D eigenvalue weighted by molar-refractivity contribution is 0.196. The first-order valence-corrected chi connectivity index (χ1v) is 5.68. The van der Waals surface area contributed by atoms with Crippen molar-refractivity contribution in [2.75, 3.05) is 32.2 Å². The Morgan fingerprint density at radius 1 is 1.42 bits per heavy atom. The van der Waals surface area contributed by atoms with E-state index in [2.05, 4.69) is 5.16 Å². The zero-order valence-electron chi connectivity index (χ0n) is 10.9. The predicted molar refractivity (Wildman–Crippen MR) is 68.6 cm³/mol. The Morgan fingerprint density at radius 3 is 2.47 bits per heavy atom. The molecule has 0 amide bonds. The molecule has 0 aliphatic rings. The summed E-state index contributed by atoms with van der Waals surface area (Å²) in [7, 11) is 3.15. The van der Waals surface area contributed by atoms with Crippen molar-refractivity contribution < 1.29 is 18.7 Å². The van der Waals surface area contributed by atoms with E-state index in [1.807, 2.05) is 0 Å². The topological polar surface area (TPSA) is 71.1 Å². The summed E-state index contributed by atoms with van der Waals surface area (Å²) >= 11 is 0. The quantitative estimate of drug-likeness (QED) is 0.271. The van der Waals surface area contributed by atoms with Gasteiger partial charge in [-0.25, -0.2) is 8.78 Å². The average molecular weight is 273 g/mol. The summed E-state index contributed by atoms with van der Waals surface area (Å²) in [6, 6.07) is 2.06. The van der Waals surface area contributed by atoms with Crippen LogP contribution in [0.2, 0.25) is 0 Å². The summed E-state index contributed by atoms with van der Waals surface area (Å²) in [5.41, 5.74) is 5.14. The number of benzene rings is 1. The van der Waals surface area contributed by atoms with Gasteiger partial charge in [0, 0.05) is 32.9 Å². The van der Waals surface area contributed by atoms with Crippen molar-refractivity contribution in [1.82, 2.24) is 0 Å². The lowest BCUT2D eigenvalue weighted by Gasteiger charge is -2.20. The number of anilines is 1. The Kier molecular flexibility index (Phi) is 5.50. The van der Waals surface area contributed by atoms with Crippen LogP contribution in [0.5, 0.6) is 0 Å². The molecule has 0 saturated heterocycles. The van der Waals surface area contributed by atoms with Gasteiger partial charge in [0.05, 0.1) is 0 Å². The van der Waals surface area contributed by atoms with Crippen LogP contribution in [0.25, 0.3) is 0 Å². The third-order valence-corrected chi connectivity index (χ3v) is 2.64. The van der Waals surface area contributed by atoms with Gasteiger partial charge in [-0.2, -0.15) is 0 Å². The lowest BCUT2D eigenvalue weighted by Crippen LogP contribution is -2.23. The Bertz CT molecular complexity index is 443. The van der Waals surface area contributed by atoms with Gasteiger partial charge in [-0.3, -0.25) is 0 Å². The first-order chi connectivity index (χ1) is 9.01. The molecule has 19 heavy (non-hydrogen) atoms. The minimum Gasteiger partial charge on any atom is -0.409 e. The molecule has 0 bridgehead atoms. The fourth-order valence-electron chi connectivity index (χ4n) is 1.69. The first kappa shape index (κ1) is 15.2. The molecular formula is C12H17F2N3O2. The number of nitrogens with two attached hydrogens (primary N) is 1. The molecule has 0 radical (unpaired) electrons. The van der Waals surface area contributed by atoms with Crippen LogP contribution >= 0.6 is 0 Å². The summed E-state index contributed by atoms with van der Waals surface area (Å²) < 4.78 is 32.6. The highest BCUT2D eigenvalue weighted by Crippen LogP contribution is 2.24. The van der Waals surface area contributed by atoms with Gasteiger partial charge in [0.15, 0.2) is 5.84 Å². The third-order valence-electron chi connectivity index (χ3n) is 2.64. The Hall–Kier alpha value is -1.89. The van der Waals surface area contributed by atoms with Gasteiger partial charge in [0.1, 0.15) is 17.3 Å². The number of ether oxygens (including phenoxy) is 1. The maximum absolute atomic E-state index is 13.9. The molecule has 0 unspecified atom stereocenters. The van der Waals surface area contributed by atoms with Crippen LogP contribution in [-0.4, -0.2) is 38.4 Å². The van der Waals surface area contributed by atoms with Crippen LogP contribution < -0.4 is 10.6 Å². The average Bonchev–Trinajstić information content (AvgIpc) is 2.37. The van der Waals surface area contributed by atoms with Crippen molar-refractivity contribution in [3.8, 4) is 0 Å². The third kappa shape index (κ3) is 3.78. The van der Waals surface area contributed by atoms with Crippen molar-refractivity contribution in [1.29, 1.82) is 0 Å². The highest BCUT2D eigenvalue weighted by molar-refractivity contribution is 5.97. The van der Waals surface area contributed by atoms with Gasteiger partial charge in [0.25, 0.3) is 0 Å². The van der Waals surface area contributed by atoms with Crippen molar-refractivity contribution in [3.63, 3.8) is 0 Å². The fourth-order valence-corrected chi connectivity index (χ4v) is 1.69. The normalized spacial score (nSPS) is 11.7. The largest absolute Gasteiger partial charge is 0.409 e. The second-order valence-corrected chi connectivity index (χ2v) is 4.04. The fraction of sp³-hybridized carbons (Fsp3) is 0.417. The summed E-state index contributed by atoms with van der Waals surface area (Å²) in [4.78, 5) is 1.46. The maximum Gasteiger partial charge on any atom is 0.170 e. The highest BCUT2D eigenvalue weighted by atomic mass is 19.1. The van der Waals surface area contributed by atoms with Crippen LogP contribution in [0.3, 0.4) is 0 Å². The van der Waals surface area contributed by atoms with Gasteiger partial charge in [-0.05, 0) is 18.6 Å². The molecule has 0 fully saturated rings. The van der Waals surface area contributed by atoms with Gasteiger partial charge in [-0.15, -0.1) is 0 Å². The molecule has 106 valence electrons. The zero-order chi connectivity index (χ0) is 14.4.